The lowest BCUT2D eigenvalue weighted by atomic mass is 9.93. The van der Waals surface area contributed by atoms with E-state index in [1.54, 1.807) is 26.0 Å². The molecule has 0 unspecified atom stereocenters. The second-order valence-corrected chi connectivity index (χ2v) is 6.96. The molecule has 2 rings (SSSR count). The van der Waals surface area contributed by atoms with Crippen molar-refractivity contribution in [2.45, 2.75) is 25.2 Å². The fraction of sp³-hybridized carbons (Fsp3) is 0.188. The van der Waals surface area contributed by atoms with Gasteiger partial charge >= 0.3 is 5.97 Å². The Labute approximate surface area is 133 Å². The molecule has 5 nitrogen and oxygen atoms in total. The molecule has 0 fully saturated rings. The Kier molecular flexibility index (Phi) is 4.53. The third kappa shape index (κ3) is 3.94. The van der Waals surface area contributed by atoms with Crippen LogP contribution in [0.4, 0.5) is 4.39 Å². The minimum atomic E-state index is -4.02. The Morgan fingerprint density at radius 3 is 2.17 bits per heavy atom. The lowest BCUT2D eigenvalue weighted by molar-refractivity contribution is -0.136. The largest absolute Gasteiger partial charge is 0.481 e. The zero-order valence-electron chi connectivity index (χ0n) is 12.6. The van der Waals surface area contributed by atoms with Crippen LogP contribution in [-0.4, -0.2) is 19.5 Å². The molecule has 0 heterocycles. The molecule has 0 aromatic heterocycles. The topological polar surface area (TPSA) is 97.5 Å². The molecule has 0 spiro atoms. The standard InChI is InChI=1S/C16H16FNO4S/c1-9-3-11(5-15(19)20)4-10(2)16(9)12-6-13(17)8-14(7-12)23(18,21)22/h3-4,6-8H,5H2,1-2H3,(H,19,20)(H2,18,21,22). The van der Waals surface area contributed by atoms with E-state index in [4.69, 9.17) is 10.2 Å². The molecular formula is C16H16FNO4S. The zero-order valence-corrected chi connectivity index (χ0v) is 13.4. The maximum Gasteiger partial charge on any atom is 0.307 e. The maximum atomic E-state index is 13.8. The molecule has 0 amide bonds. The first-order valence-electron chi connectivity index (χ1n) is 6.73. The van der Waals surface area contributed by atoms with Gasteiger partial charge in [-0.2, -0.15) is 0 Å². The van der Waals surface area contributed by atoms with Crippen LogP contribution in [0.3, 0.4) is 0 Å². The minimum absolute atomic E-state index is 0.118. The summed E-state index contributed by atoms with van der Waals surface area (Å²) in [5.74, 6) is -1.65. The number of sulfonamides is 1. The summed E-state index contributed by atoms with van der Waals surface area (Å²) in [6.45, 7) is 3.52. The fourth-order valence-electron chi connectivity index (χ4n) is 2.66. The van der Waals surface area contributed by atoms with Gasteiger partial charge in [0.05, 0.1) is 11.3 Å². The number of hydrogen-bond donors (Lipinski definition) is 2. The van der Waals surface area contributed by atoms with E-state index >= 15 is 0 Å². The summed E-state index contributed by atoms with van der Waals surface area (Å²) in [5, 5.41) is 13.9. The van der Waals surface area contributed by atoms with Gasteiger partial charge in [-0.05, 0) is 59.9 Å². The molecule has 0 aliphatic rings. The van der Waals surface area contributed by atoms with E-state index in [0.717, 1.165) is 17.2 Å². The van der Waals surface area contributed by atoms with Gasteiger partial charge in [0.1, 0.15) is 5.82 Å². The molecule has 2 aromatic rings. The SMILES string of the molecule is Cc1cc(CC(=O)O)cc(C)c1-c1cc(F)cc(S(N)(=O)=O)c1. The number of carbonyl (C=O) groups is 1. The Balaban J connectivity index is 2.63. The number of nitrogens with two attached hydrogens (primary N) is 1. The van der Waals surface area contributed by atoms with Crippen LogP contribution >= 0.6 is 0 Å². The highest BCUT2D eigenvalue weighted by Crippen LogP contribution is 2.30. The molecular weight excluding hydrogens is 321 g/mol. The van der Waals surface area contributed by atoms with E-state index in [1.807, 2.05) is 0 Å². The number of hydrogen-bond acceptors (Lipinski definition) is 3. The predicted octanol–water partition coefficient (Wildman–Crippen LogP) is 2.38. The van der Waals surface area contributed by atoms with Gasteiger partial charge in [0, 0.05) is 0 Å². The molecule has 7 heteroatoms. The second kappa shape index (κ2) is 6.10. The third-order valence-corrected chi connectivity index (χ3v) is 4.33. The number of aliphatic carboxylic acids is 1. The van der Waals surface area contributed by atoms with Crippen molar-refractivity contribution in [1.29, 1.82) is 0 Å². The molecule has 0 aliphatic heterocycles. The van der Waals surface area contributed by atoms with Crippen LogP contribution in [0.15, 0.2) is 35.2 Å². The number of carboxylic acids is 1. The van der Waals surface area contributed by atoms with Crippen molar-refractivity contribution in [1.82, 2.24) is 0 Å². The quantitative estimate of drug-likeness (QED) is 0.895. The van der Waals surface area contributed by atoms with Gasteiger partial charge in [-0.3, -0.25) is 4.79 Å². The van der Waals surface area contributed by atoms with E-state index in [-0.39, 0.29) is 11.3 Å². The van der Waals surface area contributed by atoms with E-state index in [0.29, 0.717) is 16.7 Å². The molecule has 0 radical (unpaired) electrons. The van der Waals surface area contributed by atoms with Crippen molar-refractivity contribution in [3.8, 4) is 11.1 Å². The zero-order chi connectivity index (χ0) is 17.4. The van der Waals surface area contributed by atoms with Crippen LogP contribution in [0, 0.1) is 19.7 Å². The van der Waals surface area contributed by atoms with Crippen LogP contribution < -0.4 is 5.14 Å². The normalized spacial score (nSPS) is 11.5. The molecule has 0 saturated heterocycles. The van der Waals surface area contributed by atoms with Crippen molar-refractivity contribution in [3.05, 3.63) is 52.8 Å². The average molecular weight is 337 g/mol. The van der Waals surface area contributed by atoms with Gasteiger partial charge in [0.15, 0.2) is 0 Å². The Morgan fingerprint density at radius 2 is 1.70 bits per heavy atom. The van der Waals surface area contributed by atoms with Crippen LogP contribution in [-0.2, 0) is 21.2 Å². The van der Waals surface area contributed by atoms with E-state index in [2.05, 4.69) is 0 Å². The first kappa shape index (κ1) is 17.1. The van der Waals surface area contributed by atoms with Gasteiger partial charge in [0.2, 0.25) is 10.0 Å². The van der Waals surface area contributed by atoms with Crippen molar-refractivity contribution in [2.75, 3.05) is 0 Å². The molecule has 122 valence electrons. The number of rotatable bonds is 4. The molecule has 2 aromatic carbocycles. The predicted molar refractivity (Wildman–Crippen MR) is 84.0 cm³/mol. The summed E-state index contributed by atoms with van der Waals surface area (Å²) in [5.41, 5.74) is 3.12. The minimum Gasteiger partial charge on any atom is -0.481 e. The summed E-state index contributed by atoms with van der Waals surface area (Å²) < 4.78 is 36.7. The first-order chi connectivity index (χ1) is 10.6. The van der Waals surface area contributed by atoms with E-state index in [1.165, 1.54) is 12.1 Å². The molecule has 0 bridgehead atoms. The summed E-state index contributed by atoms with van der Waals surface area (Å²) in [6.07, 6.45) is -0.118. The number of aryl methyl sites for hydroxylation is 2. The highest BCUT2D eigenvalue weighted by atomic mass is 32.2. The molecule has 0 saturated carbocycles. The monoisotopic (exact) mass is 337 g/mol. The molecule has 0 aliphatic carbocycles. The fourth-order valence-corrected chi connectivity index (χ4v) is 3.22. The van der Waals surface area contributed by atoms with Gasteiger partial charge < -0.3 is 5.11 Å². The first-order valence-corrected chi connectivity index (χ1v) is 8.28. The Hall–Kier alpha value is -2.25. The van der Waals surface area contributed by atoms with Gasteiger partial charge in [-0.15, -0.1) is 0 Å². The maximum absolute atomic E-state index is 13.8. The second-order valence-electron chi connectivity index (χ2n) is 5.40. The highest BCUT2D eigenvalue weighted by Gasteiger charge is 2.15. The summed E-state index contributed by atoms with van der Waals surface area (Å²) in [6, 6.07) is 6.78. The number of benzene rings is 2. The molecule has 3 N–H and O–H groups in total. The van der Waals surface area contributed by atoms with Gasteiger partial charge in [-0.1, -0.05) is 12.1 Å². The lowest BCUT2D eigenvalue weighted by Gasteiger charge is -2.13. The Morgan fingerprint density at radius 1 is 1.13 bits per heavy atom. The number of halogens is 1. The summed E-state index contributed by atoms with van der Waals surface area (Å²) in [4.78, 5) is 10.5. The molecule has 0 atom stereocenters. The summed E-state index contributed by atoms with van der Waals surface area (Å²) >= 11 is 0. The van der Waals surface area contributed by atoms with Crippen LogP contribution in [0.25, 0.3) is 11.1 Å². The van der Waals surface area contributed by atoms with Crippen molar-refractivity contribution >= 4 is 16.0 Å². The number of carboxylic acid groups (broad SMARTS) is 1. The smallest absolute Gasteiger partial charge is 0.307 e. The third-order valence-electron chi connectivity index (χ3n) is 3.44. The van der Waals surface area contributed by atoms with E-state index < -0.39 is 21.8 Å². The van der Waals surface area contributed by atoms with E-state index in [9.17, 15) is 17.6 Å². The Bertz CT molecular complexity index is 868. The van der Waals surface area contributed by atoms with Crippen molar-refractivity contribution in [2.24, 2.45) is 5.14 Å². The molecule has 23 heavy (non-hydrogen) atoms. The van der Waals surface area contributed by atoms with Crippen molar-refractivity contribution < 1.29 is 22.7 Å². The number of primary sulfonamides is 1. The van der Waals surface area contributed by atoms with Crippen LogP contribution in [0.1, 0.15) is 16.7 Å². The van der Waals surface area contributed by atoms with Gasteiger partial charge in [0.25, 0.3) is 0 Å². The highest BCUT2D eigenvalue weighted by molar-refractivity contribution is 7.89. The van der Waals surface area contributed by atoms with Crippen LogP contribution in [0.5, 0.6) is 0 Å². The van der Waals surface area contributed by atoms with Crippen LogP contribution in [0.2, 0.25) is 0 Å². The summed E-state index contributed by atoms with van der Waals surface area (Å²) in [7, 11) is -4.02. The van der Waals surface area contributed by atoms with Crippen molar-refractivity contribution in [3.63, 3.8) is 0 Å². The lowest BCUT2D eigenvalue weighted by Crippen LogP contribution is -2.12. The average Bonchev–Trinajstić information content (AvgIpc) is 2.35. The van der Waals surface area contributed by atoms with Gasteiger partial charge in [-0.25, -0.2) is 17.9 Å².